The van der Waals surface area contributed by atoms with Crippen LogP contribution in [0.25, 0.3) is 10.8 Å². The molecule has 0 saturated carbocycles. The maximum Gasteiger partial charge on any atom is 0.108 e. The van der Waals surface area contributed by atoms with Crippen LogP contribution in [0.4, 0.5) is 0 Å². The van der Waals surface area contributed by atoms with Gasteiger partial charge in [-0.15, -0.1) is 11.8 Å². The molecule has 0 saturated heterocycles. The molecule has 3 aliphatic heterocycles. The van der Waals surface area contributed by atoms with Crippen molar-refractivity contribution in [1.82, 2.24) is 4.90 Å². The molecule has 0 bridgehead atoms. The fourth-order valence-corrected chi connectivity index (χ4v) is 19.4. The molecule has 3 aromatic rings. The first-order valence-corrected chi connectivity index (χ1v) is 26.3. The van der Waals surface area contributed by atoms with Gasteiger partial charge in [0.15, 0.2) is 0 Å². The van der Waals surface area contributed by atoms with Gasteiger partial charge in [-0.05, 0) is 82.0 Å². The van der Waals surface area contributed by atoms with Crippen LogP contribution in [-0.2, 0) is 0 Å². The monoisotopic (exact) mass is 737 g/mol. The molecule has 5 aliphatic carbocycles. The smallest absolute Gasteiger partial charge is 0.108 e. The van der Waals surface area contributed by atoms with E-state index >= 15 is 0 Å². The first kappa shape index (κ1) is 32.3. The van der Waals surface area contributed by atoms with E-state index < -0.39 is 16.9 Å². The van der Waals surface area contributed by atoms with E-state index in [-0.39, 0.29) is 6.04 Å². The highest BCUT2D eigenvalue weighted by Gasteiger charge is 2.49. The fourth-order valence-electron chi connectivity index (χ4n) is 11.2. The number of benzene rings is 3. The van der Waals surface area contributed by atoms with Crippen LogP contribution in [0.1, 0.15) is 60.1 Å². The van der Waals surface area contributed by atoms with Crippen molar-refractivity contribution < 1.29 is 0 Å². The van der Waals surface area contributed by atoms with Gasteiger partial charge >= 0.3 is 0 Å². The zero-order chi connectivity index (χ0) is 35.4. The molecule has 1 nitrogen and oxygen atoms in total. The van der Waals surface area contributed by atoms with E-state index in [0.717, 1.165) is 12.8 Å². The van der Waals surface area contributed by atoms with Gasteiger partial charge in [-0.25, -0.2) is 0 Å². The van der Waals surface area contributed by atoms with Crippen LogP contribution < -0.4 is 5.19 Å². The third-order valence-electron chi connectivity index (χ3n) is 13.9. The molecule has 0 aromatic heterocycles. The summed E-state index contributed by atoms with van der Waals surface area (Å²) in [5.74, 6) is 1.29. The lowest BCUT2D eigenvalue weighted by molar-refractivity contribution is 0.342. The Hall–Kier alpha value is -4.10. The van der Waals surface area contributed by atoms with Crippen molar-refractivity contribution in [2.45, 2.75) is 84.8 Å². The Bertz CT molecular complexity index is 2430. The van der Waals surface area contributed by atoms with Gasteiger partial charge in [-0.3, -0.25) is 0 Å². The second kappa shape index (κ2) is 12.2. The molecule has 0 amide bonds. The number of hydrogen-bond acceptors (Lipinski definition) is 2. The molecular weight excluding hydrogens is 691 g/mol. The third-order valence-corrected chi connectivity index (χ3v) is 22.4. The summed E-state index contributed by atoms with van der Waals surface area (Å²) in [7, 11) is -2.88. The third kappa shape index (κ3) is 4.87. The molecule has 262 valence electrons. The van der Waals surface area contributed by atoms with Crippen molar-refractivity contribution in [1.29, 1.82) is 0 Å². The summed E-state index contributed by atoms with van der Waals surface area (Å²) < 4.78 is 0. The molecule has 7 atom stereocenters. The van der Waals surface area contributed by atoms with Gasteiger partial charge < -0.3 is 4.90 Å². The minimum Gasteiger partial charge on any atom is -0.338 e. The van der Waals surface area contributed by atoms with Crippen LogP contribution in [0.5, 0.6) is 0 Å². The lowest BCUT2D eigenvalue weighted by Crippen LogP contribution is -2.38. The van der Waals surface area contributed by atoms with Crippen molar-refractivity contribution in [2.75, 3.05) is 0 Å². The van der Waals surface area contributed by atoms with Crippen LogP contribution in [0.15, 0.2) is 177 Å². The van der Waals surface area contributed by atoms with Gasteiger partial charge in [0.2, 0.25) is 0 Å². The summed E-state index contributed by atoms with van der Waals surface area (Å²) in [5, 5.41) is 8.34. The van der Waals surface area contributed by atoms with Crippen molar-refractivity contribution in [3.63, 3.8) is 0 Å². The van der Waals surface area contributed by atoms with Gasteiger partial charge in [-0.2, -0.15) is 0 Å². The molecule has 3 heterocycles. The van der Waals surface area contributed by atoms with E-state index in [9.17, 15) is 0 Å². The molecule has 53 heavy (non-hydrogen) atoms. The second-order valence-corrected chi connectivity index (χ2v) is 25.5. The number of nitrogens with zero attached hydrogens (tertiary/aromatic N) is 1. The lowest BCUT2D eigenvalue weighted by atomic mass is 9.83. The van der Waals surface area contributed by atoms with Gasteiger partial charge in [0.25, 0.3) is 0 Å². The zero-order valence-corrected chi connectivity index (χ0v) is 34.0. The largest absolute Gasteiger partial charge is 0.338 e. The normalized spacial score (nSPS) is 30.9. The first-order chi connectivity index (χ1) is 26.0. The van der Waals surface area contributed by atoms with E-state index in [1.807, 2.05) is 0 Å². The maximum atomic E-state index is 2.83. The van der Waals surface area contributed by atoms with Crippen molar-refractivity contribution >= 4 is 44.6 Å². The van der Waals surface area contributed by atoms with Crippen LogP contribution in [0.3, 0.4) is 0 Å². The van der Waals surface area contributed by atoms with Gasteiger partial charge in [0, 0.05) is 39.3 Å². The molecular formula is C49H47NSSi2. The topological polar surface area (TPSA) is 3.24 Å². The molecule has 8 aliphatic rings. The first-order valence-electron chi connectivity index (χ1n) is 20.0. The summed E-state index contributed by atoms with van der Waals surface area (Å²) in [5.41, 5.74) is 11.3. The van der Waals surface area contributed by atoms with Crippen LogP contribution in [0, 0.1) is 0 Å². The van der Waals surface area contributed by atoms with E-state index in [0.29, 0.717) is 28.5 Å². The van der Waals surface area contributed by atoms with E-state index in [1.165, 1.54) is 40.6 Å². The standard InChI is InChI=1S/C49H47NSSi2/c1-52-43-17-10-15-41(47(43)48-44(52)27-26-39-37-13-6-8-16-42(37)51-49(39)48)50(36-25-28-46-40(30-36)38-14-7-9-18-45(38)53(46,2)3)35-23-21-32(22-24-35)34-20-19-31-11-4-5-12-33(31)29-34/h4-8,10-17,19-21,23-24,26-30,32,36-37,42-43,47,52H,9,18,22,25H2,1-3H3. The predicted molar refractivity (Wildman–Crippen MR) is 231 cm³/mol. The minimum absolute atomic E-state index is 0.283. The Labute approximate surface area is 322 Å². The highest BCUT2D eigenvalue weighted by molar-refractivity contribution is 8.00. The molecule has 4 heteroatoms. The summed E-state index contributed by atoms with van der Waals surface area (Å²) >= 11 is 2.15. The second-order valence-electron chi connectivity index (χ2n) is 17.0. The average Bonchev–Trinajstić information content (AvgIpc) is 3.80. The average molecular weight is 738 g/mol. The molecule has 7 unspecified atom stereocenters. The molecule has 11 rings (SSSR count). The van der Waals surface area contributed by atoms with Crippen LogP contribution >= 0.6 is 11.8 Å². The number of thioether (sulfide) groups is 1. The predicted octanol–water partition coefficient (Wildman–Crippen LogP) is 11.5. The molecule has 0 fully saturated rings. The lowest BCUT2D eigenvalue weighted by Gasteiger charge is -2.42. The molecule has 0 N–H and O–H groups in total. The number of allylic oxidation sites excluding steroid dienone is 16. The minimum atomic E-state index is -1.64. The van der Waals surface area contributed by atoms with Gasteiger partial charge in [0.05, 0.1) is 14.8 Å². The molecule has 0 radical (unpaired) electrons. The molecule has 0 spiro atoms. The Balaban J connectivity index is 1.02. The Morgan fingerprint density at radius 3 is 2.64 bits per heavy atom. The quantitative estimate of drug-likeness (QED) is 0.245. The number of fused-ring (bicyclic) bond motifs is 10. The van der Waals surface area contributed by atoms with Crippen molar-refractivity contribution in [3.05, 3.63) is 189 Å². The summed E-state index contributed by atoms with van der Waals surface area (Å²) in [6.45, 7) is 7.83. The van der Waals surface area contributed by atoms with Crippen LogP contribution in [0.2, 0.25) is 25.2 Å². The fraction of sp³-hybridized carbons (Fsp3) is 0.265. The highest BCUT2D eigenvalue weighted by atomic mass is 32.2. The molecule has 3 aromatic carbocycles. The SMILES string of the molecule is C[SiH]1c2ccc3c(c2C2C(N(C4=CCC(c5ccc6ccccc6c5)C=C4)C4C=C5C(=CC4)[Si](C)(C)C4=C5C=CCC4)=CC=CC21)SC1C=CC=CC31. The van der Waals surface area contributed by atoms with E-state index in [4.69, 9.17) is 0 Å². The summed E-state index contributed by atoms with van der Waals surface area (Å²) in [4.78, 5) is 4.43. The van der Waals surface area contributed by atoms with Crippen LogP contribution in [-0.4, -0.2) is 33.1 Å². The van der Waals surface area contributed by atoms with E-state index in [1.54, 1.807) is 42.7 Å². The Kier molecular flexibility index (Phi) is 7.45. The number of hydrogen-bond donors (Lipinski definition) is 0. The Morgan fingerprint density at radius 1 is 0.868 bits per heavy atom. The summed E-state index contributed by atoms with van der Waals surface area (Å²) in [6, 6.07) is 21.2. The van der Waals surface area contributed by atoms with E-state index in [2.05, 4.69) is 176 Å². The van der Waals surface area contributed by atoms with Crippen molar-refractivity contribution in [3.8, 4) is 0 Å². The highest BCUT2D eigenvalue weighted by Crippen LogP contribution is 2.58. The maximum absolute atomic E-state index is 2.83. The van der Waals surface area contributed by atoms with Gasteiger partial charge in [-0.1, -0.05) is 163 Å². The Morgan fingerprint density at radius 2 is 1.75 bits per heavy atom. The summed E-state index contributed by atoms with van der Waals surface area (Å²) in [6.07, 6.45) is 39.4. The van der Waals surface area contributed by atoms with Crippen molar-refractivity contribution in [2.24, 2.45) is 0 Å². The van der Waals surface area contributed by atoms with Gasteiger partial charge in [0.1, 0.15) is 8.07 Å². The number of rotatable bonds is 4. The zero-order valence-electron chi connectivity index (χ0n) is 31.0.